The van der Waals surface area contributed by atoms with Crippen LogP contribution in [0.3, 0.4) is 0 Å². The van der Waals surface area contributed by atoms with Crippen LogP contribution in [-0.2, 0) is 21.4 Å². The lowest BCUT2D eigenvalue weighted by Crippen LogP contribution is -2.57. The number of hydrogen-bond acceptors (Lipinski definition) is 4. The number of nitrogens with zero attached hydrogens (tertiary/aromatic N) is 3. The van der Waals surface area contributed by atoms with Crippen molar-refractivity contribution in [1.82, 2.24) is 9.47 Å². The molecule has 1 fully saturated rings. The predicted octanol–water partition coefficient (Wildman–Crippen LogP) is 3.20. The van der Waals surface area contributed by atoms with Crippen LogP contribution in [0.4, 0.5) is 10.5 Å². The first-order chi connectivity index (χ1) is 14.5. The second kappa shape index (κ2) is 7.96. The highest BCUT2D eigenvalue weighted by atomic mass is 16.5. The van der Waals surface area contributed by atoms with Crippen molar-refractivity contribution in [1.29, 1.82) is 0 Å². The number of carbonyl (C=O) groups excluding carboxylic acids is 3. The van der Waals surface area contributed by atoms with Crippen molar-refractivity contribution in [2.75, 3.05) is 25.2 Å². The van der Waals surface area contributed by atoms with Crippen molar-refractivity contribution < 1.29 is 19.1 Å². The first-order valence-electron chi connectivity index (χ1n) is 9.53. The molecular formula is C23H21N3O4. The predicted molar refractivity (Wildman–Crippen MR) is 114 cm³/mol. The highest BCUT2D eigenvalue weighted by Crippen LogP contribution is 2.28. The van der Waals surface area contributed by atoms with Crippen molar-refractivity contribution >= 4 is 40.5 Å². The van der Waals surface area contributed by atoms with E-state index in [0.29, 0.717) is 5.69 Å². The minimum atomic E-state index is -0.677. The Balaban J connectivity index is 1.84. The number of aromatic nitrogens is 1. The van der Waals surface area contributed by atoms with Crippen molar-refractivity contribution in [2.45, 2.75) is 0 Å². The van der Waals surface area contributed by atoms with Gasteiger partial charge in [0.25, 0.3) is 11.8 Å². The molecule has 4 rings (SSSR count). The number of methoxy groups -OCH3 is 1. The second-order valence-corrected chi connectivity index (χ2v) is 6.98. The van der Waals surface area contributed by atoms with E-state index in [2.05, 4.69) is 0 Å². The molecule has 1 saturated heterocycles. The zero-order valence-corrected chi connectivity index (χ0v) is 16.7. The van der Waals surface area contributed by atoms with Gasteiger partial charge < -0.3 is 9.30 Å². The molecule has 1 aromatic heterocycles. The molecule has 152 valence electrons. The normalized spacial score (nSPS) is 16.2. The van der Waals surface area contributed by atoms with E-state index in [0.717, 1.165) is 26.3 Å². The third-order valence-corrected chi connectivity index (χ3v) is 5.09. The third-order valence-electron chi connectivity index (χ3n) is 5.09. The molecule has 7 nitrogen and oxygen atoms in total. The van der Waals surface area contributed by atoms with E-state index in [4.69, 9.17) is 4.74 Å². The van der Waals surface area contributed by atoms with Gasteiger partial charge in [-0.15, -0.1) is 0 Å². The first-order valence-corrected chi connectivity index (χ1v) is 9.53. The van der Waals surface area contributed by atoms with Gasteiger partial charge in [-0.2, -0.15) is 0 Å². The number of imide groups is 2. The molecule has 30 heavy (non-hydrogen) atoms. The van der Waals surface area contributed by atoms with Crippen LogP contribution >= 0.6 is 0 Å². The summed E-state index contributed by atoms with van der Waals surface area (Å²) in [6, 6.07) is 15.6. The summed E-state index contributed by atoms with van der Waals surface area (Å²) in [7, 11) is 3.39. The van der Waals surface area contributed by atoms with E-state index in [9.17, 15) is 14.4 Å². The highest BCUT2D eigenvalue weighted by Gasteiger charge is 2.42. The van der Waals surface area contributed by atoms with Gasteiger partial charge in [-0.25, -0.2) is 9.69 Å². The maximum Gasteiger partial charge on any atom is 0.338 e. The summed E-state index contributed by atoms with van der Waals surface area (Å²) in [5.41, 5.74) is 2.06. The van der Waals surface area contributed by atoms with Crippen LogP contribution in [0.25, 0.3) is 17.0 Å². The monoisotopic (exact) mass is 403 g/mol. The van der Waals surface area contributed by atoms with Gasteiger partial charge in [-0.3, -0.25) is 14.5 Å². The summed E-state index contributed by atoms with van der Waals surface area (Å²) in [6.45, 7) is 0.230. The molecule has 0 aliphatic carbocycles. The summed E-state index contributed by atoms with van der Waals surface area (Å²) < 4.78 is 6.98. The lowest BCUT2D eigenvalue weighted by atomic mass is 10.0. The molecule has 2 aromatic carbocycles. The van der Waals surface area contributed by atoms with Crippen molar-refractivity contribution in [3.63, 3.8) is 0 Å². The molecule has 4 amide bonds. The van der Waals surface area contributed by atoms with Crippen LogP contribution < -0.4 is 4.90 Å². The number of benzene rings is 2. The number of rotatable bonds is 5. The molecule has 2 heterocycles. The van der Waals surface area contributed by atoms with Crippen LogP contribution in [0.2, 0.25) is 0 Å². The molecule has 1 aliphatic heterocycles. The smallest absolute Gasteiger partial charge is 0.338 e. The lowest BCUT2D eigenvalue weighted by Gasteiger charge is -2.33. The minimum absolute atomic E-state index is 0.0532. The van der Waals surface area contributed by atoms with Crippen molar-refractivity contribution in [2.24, 2.45) is 7.05 Å². The molecule has 3 aromatic rings. The fraction of sp³-hybridized carbons (Fsp3) is 0.174. The Labute approximate surface area is 173 Å². The largest absolute Gasteiger partial charge is 0.383 e. The second-order valence-electron chi connectivity index (χ2n) is 6.98. The van der Waals surface area contributed by atoms with Gasteiger partial charge in [-0.05, 0) is 24.3 Å². The number of carbonyl (C=O) groups is 3. The number of barbiturate groups is 1. The highest BCUT2D eigenvalue weighted by molar-refractivity contribution is 6.39. The maximum absolute atomic E-state index is 13.3. The summed E-state index contributed by atoms with van der Waals surface area (Å²) in [5.74, 6) is -1.26. The van der Waals surface area contributed by atoms with Crippen LogP contribution in [0.15, 0.2) is 66.4 Å². The van der Waals surface area contributed by atoms with E-state index in [1.54, 1.807) is 36.4 Å². The Morgan fingerprint density at radius 1 is 0.933 bits per heavy atom. The zero-order chi connectivity index (χ0) is 21.3. The number of hydrogen-bond donors (Lipinski definition) is 0. The minimum Gasteiger partial charge on any atom is -0.383 e. The topological polar surface area (TPSA) is 71.8 Å². The fourth-order valence-electron chi connectivity index (χ4n) is 3.60. The molecule has 0 N–H and O–H groups in total. The lowest BCUT2D eigenvalue weighted by molar-refractivity contribution is -0.129. The fourth-order valence-corrected chi connectivity index (χ4v) is 3.60. The van der Waals surface area contributed by atoms with Crippen molar-refractivity contribution in [3.05, 3.63) is 71.9 Å². The van der Waals surface area contributed by atoms with Crippen LogP contribution in [-0.4, -0.2) is 47.6 Å². The van der Waals surface area contributed by atoms with E-state index in [-0.39, 0.29) is 18.7 Å². The van der Waals surface area contributed by atoms with E-state index in [1.807, 2.05) is 42.1 Å². The number of aryl methyl sites for hydroxylation is 1. The number of ether oxygens (including phenoxy) is 1. The molecular weight excluding hydrogens is 382 g/mol. The summed E-state index contributed by atoms with van der Waals surface area (Å²) in [4.78, 5) is 41.4. The van der Waals surface area contributed by atoms with E-state index < -0.39 is 17.8 Å². The molecule has 0 unspecified atom stereocenters. The van der Waals surface area contributed by atoms with Gasteiger partial charge >= 0.3 is 6.03 Å². The van der Waals surface area contributed by atoms with Gasteiger partial charge in [-0.1, -0.05) is 36.4 Å². The quantitative estimate of drug-likeness (QED) is 0.485. The van der Waals surface area contributed by atoms with E-state index >= 15 is 0 Å². The summed E-state index contributed by atoms with van der Waals surface area (Å²) in [6.07, 6.45) is 3.43. The van der Waals surface area contributed by atoms with Gasteiger partial charge in [0, 0.05) is 36.8 Å². The van der Waals surface area contributed by atoms with Gasteiger partial charge in [0.1, 0.15) is 5.57 Å². The van der Waals surface area contributed by atoms with Crippen LogP contribution in [0.5, 0.6) is 0 Å². The molecule has 0 atom stereocenters. The number of anilines is 1. The summed E-state index contributed by atoms with van der Waals surface area (Å²) in [5, 5.41) is 0.916. The zero-order valence-electron chi connectivity index (χ0n) is 16.7. The number of amides is 4. The molecule has 0 spiro atoms. The van der Waals surface area contributed by atoms with Crippen molar-refractivity contribution in [3.8, 4) is 0 Å². The van der Waals surface area contributed by atoms with Gasteiger partial charge in [0.2, 0.25) is 0 Å². The Morgan fingerprint density at radius 3 is 2.37 bits per heavy atom. The molecule has 0 bridgehead atoms. The van der Waals surface area contributed by atoms with Crippen LogP contribution in [0, 0.1) is 0 Å². The average molecular weight is 403 g/mol. The Hall–Kier alpha value is -3.71. The van der Waals surface area contributed by atoms with Crippen LogP contribution in [0.1, 0.15) is 5.56 Å². The molecule has 7 heteroatoms. The molecule has 1 aliphatic rings. The maximum atomic E-state index is 13.3. The average Bonchev–Trinajstić information content (AvgIpc) is 3.08. The number of fused-ring (bicyclic) bond motifs is 1. The molecule has 0 radical (unpaired) electrons. The Kier molecular flexibility index (Phi) is 5.20. The number of para-hydroxylation sites is 2. The molecule has 0 saturated carbocycles. The third kappa shape index (κ3) is 3.29. The first kappa shape index (κ1) is 19.6. The number of urea groups is 1. The standard InChI is InChI=1S/C23H21N3O4/c1-24-15-16(18-10-6-7-11-20(18)24)14-19-21(27)25(12-13-30-2)23(29)26(22(19)28)17-8-4-3-5-9-17/h3-11,14-15H,12-13H2,1-2H3/b19-14-. The Bertz CT molecular complexity index is 1160. The van der Waals surface area contributed by atoms with Gasteiger partial charge in [0.15, 0.2) is 0 Å². The van der Waals surface area contributed by atoms with Gasteiger partial charge in [0.05, 0.1) is 18.8 Å². The SMILES string of the molecule is COCCN1C(=O)/C(=C/c2cn(C)c3ccccc23)C(=O)N(c2ccccc2)C1=O. The summed E-state index contributed by atoms with van der Waals surface area (Å²) >= 11 is 0. The van der Waals surface area contributed by atoms with E-state index in [1.165, 1.54) is 7.11 Å². The Morgan fingerprint density at radius 2 is 1.63 bits per heavy atom.